The molecule has 5 heteroatoms. The number of nitrogens with one attached hydrogen (secondary N) is 2. The Bertz CT molecular complexity index is 586. The molecular formula is C13H13BrN4. The van der Waals surface area contributed by atoms with Crippen LogP contribution in [0.1, 0.15) is 24.4 Å². The molecule has 4 nitrogen and oxygen atoms in total. The van der Waals surface area contributed by atoms with E-state index in [1.165, 1.54) is 19.1 Å². The first-order valence-corrected chi connectivity index (χ1v) is 6.67. The zero-order valence-corrected chi connectivity index (χ0v) is 11.3. The van der Waals surface area contributed by atoms with Crippen molar-refractivity contribution in [2.24, 2.45) is 0 Å². The molecule has 1 fully saturated rings. The summed E-state index contributed by atoms with van der Waals surface area (Å²) in [5.74, 6) is 0. The number of hydrogen-bond acceptors (Lipinski definition) is 3. The average Bonchev–Trinajstić information content (AvgIpc) is 3.11. The number of nitrogens with zero attached hydrogens (tertiary/aromatic N) is 2. The van der Waals surface area contributed by atoms with Gasteiger partial charge in [-0.25, -0.2) is 0 Å². The van der Waals surface area contributed by atoms with Crippen LogP contribution in [0, 0.1) is 5.41 Å². The number of anilines is 2. The van der Waals surface area contributed by atoms with Crippen molar-refractivity contribution in [2.45, 2.75) is 18.9 Å². The molecule has 0 spiro atoms. The first-order chi connectivity index (χ1) is 8.76. The van der Waals surface area contributed by atoms with E-state index < -0.39 is 0 Å². The summed E-state index contributed by atoms with van der Waals surface area (Å²) in [5, 5.41) is 15.0. The van der Waals surface area contributed by atoms with Crippen LogP contribution >= 0.6 is 15.9 Å². The van der Waals surface area contributed by atoms with Crippen LogP contribution in [0.5, 0.6) is 0 Å². The lowest BCUT2D eigenvalue weighted by Gasteiger charge is -2.07. The number of halogens is 1. The smallest absolute Gasteiger partial charge is 0.0770 e. The second kappa shape index (κ2) is 4.57. The third-order valence-electron chi connectivity index (χ3n) is 2.97. The first kappa shape index (κ1) is 11.5. The lowest BCUT2D eigenvalue weighted by atomic mass is 10.2. The van der Waals surface area contributed by atoms with E-state index in [9.17, 15) is 0 Å². The Morgan fingerprint density at radius 2 is 2.28 bits per heavy atom. The van der Waals surface area contributed by atoms with Gasteiger partial charge in [-0.15, -0.1) is 0 Å². The number of benzene rings is 1. The van der Waals surface area contributed by atoms with Gasteiger partial charge >= 0.3 is 0 Å². The number of aromatic nitrogens is 2. The van der Waals surface area contributed by atoms with Gasteiger partial charge in [-0.3, -0.25) is 4.68 Å². The summed E-state index contributed by atoms with van der Waals surface area (Å²) >= 11 is 3.44. The average molecular weight is 305 g/mol. The van der Waals surface area contributed by atoms with Crippen LogP contribution in [0.4, 0.5) is 11.4 Å². The zero-order valence-electron chi connectivity index (χ0n) is 9.73. The van der Waals surface area contributed by atoms with Gasteiger partial charge in [0.05, 0.1) is 17.9 Å². The molecule has 0 amide bonds. The Hall–Kier alpha value is -1.62. The minimum atomic E-state index is 0.588. The van der Waals surface area contributed by atoms with Gasteiger partial charge in [-0.2, -0.15) is 5.10 Å². The van der Waals surface area contributed by atoms with Crippen LogP contribution in [-0.2, 0) is 0 Å². The van der Waals surface area contributed by atoms with Crippen molar-refractivity contribution in [3.05, 3.63) is 40.6 Å². The van der Waals surface area contributed by atoms with E-state index in [-0.39, 0.29) is 0 Å². The second-order valence-electron chi connectivity index (χ2n) is 4.44. The van der Waals surface area contributed by atoms with Crippen LogP contribution in [0.2, 0.25) is 0 Å². The molecule has 2 N–H and O–H groups in total. The van der Waals surface area contributed by atoms with Gasteiger partial charge in [-0.1, -0.05) is 22.0 Å². The van der Waals surface area contributed by atoms with Gasteiger partial charge in [0.2, 0.25) is 0 Å². The van der Waals surface area contributed by atoms with Crippen molar-refractivity contribution in [3.63, 3.8) is 0 Å². The SMILES string of the molecule is N=Cc1ccc(Br)cc1Nc1cnn(C2CC2)c1. The van der Waals surface area contributed by atoms with Crippen LogP contribution in [0.15, 0.2) is 35.1 Å². The minimum Gasteiger partial charge on any atom is -0.352 e. The third-order valence-corrected chi connectivity index (χ3v) is 3.47. The highest BCUT2D eigenvalue weighted by molar-refractivity contribution is 9.10. The number of rotatable bonds is 4. The van der Waals surface area contributed by atoms with E-state index in [0.717, 1.165) is 21.4 Å². The highest BCUT2D eigenvalue weighted by Crippen LogP contribution is 2.35. The molecule has 0 unspecified atom stereocenters. The van der Waals surface area contributed by atoms with E-state index in [1.807, 2.05) is 35.3 Å². The van der Waals surface area contributed by atoms with Crippen molar-refractivity contribution in [3.8, 4) is 0 Å². The maximum absolute atomic E-state index is 7.40. The quantitative estimate of drug-likeness (QED) is 0.846. The fraction of sp³-hybridized carbons (Fsp3) is 0.231. The molecule has 2 aromatic rings. The zero-order chi connectivity index (χ0) is 12.5. The predicted molar refractivity (Wildman–Crippen MR) is 75.8 cm³/mol. The van der Waals surface area contributed by atoms with Crippen molar-refractivity contribution < 1.29 is 0 Å². The Balaban J connectivity index is 1.85. The van der Waals surface area contributed by atoms with Crippen LogP contribution in [0.25, 0.3) is 0 Å². The molecule has 3 rings (SSSR count). The summed E-state index contributed by atoms with van der Waals surface area (Å²) in [6.45, 7) is 0. The van der Waals surface area contributed by atoms with E-state index in [4.69, 9.17) is 5.41 Å². The van der Waals surface area contributed by atoms with Crippen LogP contribution < -0.4 is 5.32 Å². The molecule has 0 radical (unpaired) electrons. The van der Waals surface area contributed by atoms with Crippen LogP contribution in [-0.4, -0.2) is 16.0 Å². The molecule has 1 heterocycles. The predicted octanol–water partition coefficient (Wildman–Crippen LogP) is 3.72. The lowest BCUT2D eigenvalue weighted by molar-refractivity contribution is 0.642. The van der Waals surface area contributed by atoms with Crippen molar-refractivity contribution in [1.29, 1.82) is 5.41 Å². The summed E-state index contributed by atoms with van der Waals surface area (Å²) in [7, 11) is 0. The Labute approximate surface area is 114 Å². The molecule has 18 heavy (non-hydrogen) atoms. The third kappa shape index (κ3) is 2.31. The maximum atomic E-state index is 7.40. The van der Waals surface area contributed by atoms with Gasteiger partial charge in [0, 0.05) is 28.1 Å². The molecule has 92 valence electrons. The first-order valence-electron chi connectivity index (χ1n) is 5.87. The molecule has 0 atom stereocenters. The fourth-order valence-electron chi connectivity index (χ4n) is 1.86. The summed E-state index contributed by atoms with van der Waals surface area (Å²) in [5.41, 5.74) is 2.73. The fourth-order valence-corrected chi connectivity index (χ4v) is 2.22. The Kier molecular flexibility index (Phi) is 2.91. The Morgan fingerprint density at radius 1 is 1.44 bits per heavy atom. The molecule has 0 bridgehead atoms. The van der Waals surface area contributed by atoms with E-state index in [0.29, 0.717) is 6.04 Å². The maximum Gasteiger partial charge on any atom is 0.0770 e. The van der Waals surface area contributed by atoms with Crippen molar-refractivity contribution in [1.82, 2.24) is 9.78 Å². The molecule has 1 aromatic carbocycles. The molecule has 1 saturated carbocycles. The molecule has 0 aliphatic heterocycles. The van der Waals surface area contributed by atoms with Gasteiger partial charge in [-0.05, 0) is 25.0 Å². The van der Waals surface area contributed by atoms with Crippen molar-refractivity contribution in [2.75, 3.05) is 5.32 Å². The van der Waals surface area contributed by atoms with Gasteiger partial charge in [0.25, 0.3) is 0 Å². The van der Waals surface area contributed by atoms with Crippen LogP contribution in [0.3, 0.4) is 0 Å². The normalized spacial score (nSPS) is 14.5. The molecule has 1 aromatic heterocycles. The van der Waals surface area contributed by atoms with E-state index >= 15 is 0 Å². The summed E-state index contributed by atoms with van der Waals surface area (Å²) < 4.78 is 3.00. The highest BCUT2D eigenvalue weighted by atomic mass is 79.9. The lowest BCUT2D eigenvalue weighted by Crippen LogP contribution is -1.95. The molecule has 1 aliphatic rings. The van der Waals surface area contributed by atoms with Crippen molar-refractivity contribution >= 4 is 33.5 Å². The van der Waals surface area contributed by atoms with E-state index in [1.54, 1.807) is 0 Å². The van der Waals surface area contributed by atoms with E-state index in [2.05, 4.69) is 26.3 Å². The van der Waals surface area contributed by atoms with Gasteiger partial charge in [0.1, 0.15) is 0 Å². The van der Waals surface area contributed by atoms with Gasteiger partial charge in [0.15, 0.2) is 0 Å². The largest absolute Gasteiger partial charge is 0.352 e. The monoisotopic (exact) mass is 304 g/mol. The standard InChI is InChI=1S/C13H13BrN4/c14-10-2-1-9(6-15)13(5-10)17-11-7-16-18(8-11)12-3-4-12/h1-2,5-8,12,15,17H,3-4H2. The number of hydrogen-bond donors (Lipinski definition) is 2. The molecule has 0 saturated heterocycles. The molecule has 1 aliphatic carbocycles. The minimum absolute atomic E-state index is 0.588. The highest BCUT2D eigenvalue weighted by Gasteiger charge is 2.24. The summed E-state index contributed by atoms with van der Waals surface area (Å²) in [4.78, 5) is 0. The Morgan fingerprint density at radius 3 is 3.00 bits per heavy atom. The molecular weight excluding hydrogens is 292 g/mol. The van der Waals surface area contributed by atoms with Gasteiger partial charge < -0.3 is 10.7 Å². The topological polar surface area (TPSA) is 53.7 Å². The summed E-state index contributed by atoms with van der Waals surface area (Å²) in [6, 6.07) is 6.39. The second-order valence-corrected chi connectivity index (χ2v) is 5.36. The summed E-state index contributed by atoms with van der Waals surface area (Å²) in [6.07, 6.45) is 7.65.